The maximum Gasteiger partial charge on any atom is 0.121 e. The molecule has 1 unspecified atom stereocenters. The van der Waals surface area contributed by atoms with E-state index in [1.165, 1.54) is 33.4 Å². The Morgan fingerprint density at radius 1 is 0.708 bits per heavy atom. The summed E-state index contributed by atoms with van der Waals surface area (Å²) in [4.78, 5) is 0. The standard InChI is InChI=1S/C21H14OS2/c22-24-20(23-24)21-16-10-4-1-7-13(16)19(14-8-2-5-11-17(14)21)15-9-3-6-12-18(15)21/h1-12,19-20H/t19?,20-,21?,24?/m0/s1. The van der Waals surface area contributed by atoms with Gasteiger partial charge in [-0.1, -0.05) is 72.8 Å². The SMILES string of the molecule is O=S1S[C@@H]1C12c3ccccc3C(c3ccccc31)c1ccccc12. The van der Waals surface area contributed by atoms with Crippen LogP contribution in [-0.4, -0.2) is 8.79 Å². The third-order valence-electron chi connectivity index (χ3n) is 5.76. The molecule has 4 aliphatic rings. The van der Waals surface area contributed by atoms with E-state index in [1.807, 2.05) is 0 Å². The molecule has 2 atom stereocenters. The molecule has 0 spiro atoms. The van der Waals surface area contributed by atoms with E-state index in [4.69, 9.17) is 0 Å². The number of hydrogen-bond donors (Lipinski definition) is 0. The predicted molar refractivity (Wildman–Crippen MR) is 99.7 cm³/mol. The average molecular weight is 346 g/mol. The Hall–Kier alpha value is -1.84. The molecule has 0 N–H and O–H groups in total. The van der Waals surface area contributed by atoms with Crippen molar-refractivity contribution in [3.63, 3.8) is 0 Å². The van der Waals surface area contributed by atoms with Crippen molar-refractivity contribution >= 4 is 20.6 Å². The van der Waals surface area contributed by atoms with Crippen LogP contribution in [0.3, 0.4) is 0 Å². The second kappa shape index (κ2) is 4.41. The molecule has 2 bridgehead atoms. The van der Waals surface area contributed by atoms with Crippen LogP contribution in [0.2, 0.25) is 0 Å². The highest BCUT2D eigenvalue weighted by molar-refractivity contribution is 8.85. The van der Waals surface area contributed by atoms with Crippen LogP contribution < -0.4 is 0 Å². The molecular formula is C21H14OS2. The highest BCUT2D eigenvalue weighted by atomic mass is 33.2. The van der Waals surface area contributed by atoms with Gasteiger partial charge in [-0.05, 0) is 44.2 Å². The topological polar surface area (TPSA) is 17.1 Å². The molecule has 1 aliphatic heterocycles. The zero-order chi connectivity index (χ0) is 15.9. The lowest BCUT2D eigenvalue weighted by Gasteiger charge is -2.50. The average Bonchev–Trinajstić information content (AvgIpc) is 3.38. The van der Waals surface area contributed by atoms with Gasteiger partial charge in [0.15, 0.2) is 0 Å². The summed E-state index contributed by atoms with van der Waals surface area (Å²) in [6.45, 7) is 0. The van der Waals surface area contributed by atoms with E-state index in [1.54, 1.807) is 10.8 Å². The molecule has 0 radical (unpaired) electrons. The van der Waals surface area contributed by atoms with Crippen LogP contribution in [0.1, 0.15) is 39.3 Å². The minimum atomic E-state index is -0.816. The van der Waals surface area contributed by atoms with Gasteiger partial charge in [0.25, 0.3) is 0 Å². The monoisotopic (exact) mass is 346 g/mol. The highest BCUT2D eigenvalue weighted by Crippen LogP contribution is 2.67. The van der Waals surface area contributed by atoms with Crippen LogP contribution in [-0.2, 0) is 15.2 Å². The van der Waals surface area contributed by atoms with Gasteiger partial charge >= 0.3 is 0 Å². The van der Waals surface area contributed by atoms with Crippen molar-refractivity contribution in [1.82, 2.24) is 0 Å². The predicted octanol–water partition coefficient (Wildman–Crippen LogP) is 4.56. The Morgan fingerprint density at radius 3 is 1.46 bits per heavy atom. The third kappa shape index (κ3) is 1.38. The first-order valence-corrected chi connectivity index (χ1v) is 10.8. The van der Waals surface area contributed by atoms with Crippen LogP contribution in [0, 0.1) is 0 Å². The van der Waals surface area contributed by atoms with Crippen molar-refractivity contribution in [3.8, 4) is 0 Å². The molecular weight excluding hydrogens is 332 g/mol. The molecule has 0 amide bonds. The molecule has 1 heterocycles. The maximum absolute atomic E-state index is 12.5. The Labute approximate surface area is 147 Å². The summed E-state index contributed by atoms with van der Waals surface area (Å²) in [5, 5.41) is 0. The molecule has 1 saturated heterocycles. The zero-order valence-electron chi connectivity index (χ0n) is 12.8. The quantitative estimate of drug-likeness (QED) is 0.474. The Bertz CT molecular complexity index is 924. The van der Waals surface area contributed by atoms with Crippen molar-refractivity contribution in [1.29, 1.82) is 0 Å². The molecule has 116 valence electrons. The molecule has 0 saturated carbocycles. The minimum Gasteiger partial charge on any atom is -0.247 e. The van der Waals surface area contributed by atoms with Crippen LogP contribution in [0.4, 0.5) is 0 Å². The Kier molecular flexibility index (Phi) is 2.47. The summed E-state index contributed by atoms with van der Waals surface area (Å²) in [6.07, 6.45) is 0. The van der Waals surface area contributed by atoms with Gasteiger partial charge in [0.1, 0.15) is 4.58 Å². The Morgan fingerprint density at radius 2 is 1.08 bits per heavy atom. The molecule has 3 aromatic rings. The van der Waals surface area contributed by atoms with E-state index in [0.717, 1.165) is 0 Å². The molecule has 7 rings (SSSR count). The van der Waals surface area contributed by atoms with Gasteiger partial charge in [-0.15, -0.1) is 0 Å². The third-order valence-corrected chi connectivity index (χ3v) is 8.73. The van der Waals surface area contributed by atoms with Crippen molar-refractivity contribution in [2.24, 2.45) is 0 Å². The largest absolute Gasteiger partial charge is 0.247 e. The summed E-state index contributed by atoms with van der Waals surface area (Å²) < 4.78 is 12.6. The zero-order valence-corrected chi connectivity index (χ0v) is 14.4. The number of rotatable bonds is 1. The molecule has 1 fully saturated rings. The first-order valence-electron chi connectivity index (χ1n) is 8.19. The fourth-order valence-corrected chi connectivity index (χ4v) is 7.78. The van der Waals surface area contributed by atoms with Crippen LogP contribution in [0.15, 0.2) is 72.8 Å². The van der Waals surface area contributed by atoms with E-state index in [9.17, 15) is 4.21 Å². The van der Waals surface area contributed by atoms with Gasteiger partial charge < -0.3 is 0 Å². The van der Waals surface area contributed by atoms with Crippen molar-refractivity contribution < 1.29 is 4.21 Å². The molecule has 1 nitrogen and oxygen atoms in total. The number of benzene rings is 3. The highest BCUT2D eigenvalue weighted by Gasteiger charge is 2.62. The second-order valence-corrected chi connectivity index (χ2v) is 10.2. The number of hydrogen-bond acceptors (Lipinski definition) is 2. The second-order valence-electron chi connectivity index (χ2n) is 6.69. The van der Waals surface area contributed by atoms with Crippen molar-refractivity contribution in [2.75, 3.05) is 0 Å². The van der Waals surface area contributed by atoms with Crippen molar-refractivity contribution in [2.45, 2.75) is 15.9 Å². The van der Waals surface area contributed by atoms with Crippen LogP contribution in [0.25, 0.3) is 0 Å². The van der Waals surface area contributed by atoms with E-state index in [-0.39, 0.29) is 10.00 Å². The van der Waals surface area contributed by atoms with Gasteiger partial charge in [0.2, 0.25) is 0 Å². The van der Waals surface area contributed by atoms with Gasteiger partial charge in [-0.25, -0.2) is 4.21 Å². The van der Waals surface area contributed by atoms with Gasteiger partial charge in [-0.3, -0.25) is 0 Å². The first-order chi connectivity index (χ1) is 11.8. The summed E-state index contributed by atoms with van der Waals surface area (Å²) in [7, 11) is 0.793. The molecule has 0 aromatic heterocycles. The van der Waals surface area contributed by atoms with Gasteiger partial charge in [0.05, 0.1) is 15.2 Å². The van der Waals surface area contributed by atoms with Crippen LogP contribution in [0.5, 0.6) is 0 Å². The minimum absolute atomic E-state index is 0.113. The van der Waals surface area contributed by atoms with Gasteiger partial charge in [-0.2, -0.15) is 0 Å². The summed E-state index contributed by atoms with van der Waals surface area (Å²) in [5.74, 6) is 0.299. The fraction of sp³-hybridized carbons (Fsp3) is 0.143. The summed E-state index contributed by atoms with van der Waals surface area (Å²) in [6, 6.07) is 26.3. The smallest absolute Gasteiger partial charge is 0.121 e. The maximum atomic E-state index is 12.5. The Balaban J connectivity index is 1.84. The summed E-state index contributed by atoms with van der Waals surface area (Å²) >= 11 is 0. The van der Waals surface area contributed by atoms with E-state index >= 15 is 0 Å². The molecule has 3 aliphatic carbocycles. The summed E-state index contributed by atoms with van der Waals surface area (Å²) in [5.41, 5.74) is 7.97. The van der Waals surface area contributed by atoms with E-state index < -0.39 is 9.83 Å². The van der Waals surface area contributed by atoms with E-state index in [0.29, 0.717) is 5.92 Å². The fourth-order valence-electron chi connectivity index (χ4n) is 4.92. The lowest BCUT2D eigenvalue weighted by molar-refractivity contribution is 0.584. The normalized spacial score (nSPS) is 31.1. The van der Waals surface area contributed by atoms with Crippen LogP contribution >= 0.6 is 10.8 Å². The molecule has 24 heavy (non-hydrogen) atoms. The van der Waals surface area contributed by atoms with Crippen molar-refractivity contribution in [3.05, 3.63) is 106 Å². The lowest BCUT2D eigenvalue weighted by Crippen LogP contribution is -2.45. The molecule has 3 heteroatoms. The lowest BCUT2D eigenvalue weighted by atomic mass is 9.53. The molecule has 3 aromatic carbocycles. The van der Waals surface area contributed by atoms with E-state index in [2.05, 4.69) is 72.8 Å². The first kappa shape index (κ1) is 13.5. The van der Waals surface area contributed by atoms with Gasteiger partial charge in [0, 0.05) is 5.92 Å².